The Balaban J connectivity index is 0.884. The van der Waals surface area contributed by atoms with Gasteiger partial charge in [0.1, 0.15) is 42.6 Å². The number of methoxy groups -OCH3 is 1. The van der Waals surface area contributed by atoms with Gasteiger partial charge in [0.05, 0.1) is 56.6 Å². The molecule has 0 aliphatic carbocycles. The predicted molar refractivity (Wildman–Crippen MR) is 371 cm³/mol. The third-order valence-corrected chi connectivity index (χ3v) is 17.4. The molecular weight excluding hydrogens is 1310 g/mol. The van der Waals surface area contributed by atoms with E-state index < -0.39 is 94.9 Å². The third-order valence-electron chi connectivity index (χ3n) is 17.1. The lowest BCUT2D eigenvalue weighted by atomic mass is 9.91. The van der Waals surface area contributed by atoms with E-state index in [9.17, 15) is 57.8 Å². The minimum Gasteiger partial charge on any atom is -0.495 e. The van der Waals surface area contributed by atoms with Gasteiger partial charge in [0.2, 0.25) is 35.4 Å². The van der Waals surface area contributed by atoms with Crippen LogP contribution in [0.25, 0.3) is 0 Å². The fourth-order valence-corrected chi connectivity index (χ4v) is 11.3. The van der Waals surface area contributed by atoms with Crippen LogP contribution in [0.1, 0.15) is 115 Å². The number of hydrogen-bond acceptors (Lipinski definition) is 17. The van der Waals surface area contributed by atoms with Gasteiger partial charge in [-0.2, -0.15) is 0 Å². The van der Waals surface area contributed by atoms with Crippen molar-refractivity contribution in [3.8, 4) is 5.75 Å². The maximum atomic E-state index is 13.7. The molecule has 0 spiro atoms. The van der Waals surface area contributed by atoms with Gasteiger partial charge in [0.25, 0.3) is 11.8 Å². The molecule has 2 saturated heterocycles. The Morgan fingerprint density at radius 2 is 1.41 bits per heavy atom. The van der Waals surface area contributed by atoms with E-state index in [0.29, 0.717) is 66.7 Å². The van der Waals surface area contributed by atoms with Crippen LogP contribution in [0.15, 0.2) is 91.0 Å². The molecule has 0 bridgehead atoms. The molecule has 3 heterocycles. The van der Waals surface area contributed by atoms with Crippen molar-refractivity contribution in [3.05, 3.63) is 118 Å². The number of anilines is 1. The van der Waals surface area contributed by atoms with Gasteiger partial charge in [-0.15, -0.1) is 0 Å². The Kier molecular flexibility index (Phi) is 31.8. The quantitative estimate of drug-likeness (QED) is 0.0155. The second-order valence-corrected chi connectivity index (χ2v) is 26.9. The fourth-order valence-electron chi connectivity index (χ4n) is 11.0. The Morgan fingerprint density at radius 1 is 0.750 bits per heavy atom. The number of nitrogens with two attached hydrogens (primary N) is 1. The van der Waals surface area contributed by atoms with Crippen molar-refractivity contribution in [3.63, 3.8) is 0 Å². The number of carbonyl (C=O) groups excluding carboxylic acids is 10. The number of carbonyl (C=O) groups is 11. The first-order chi connectivity index (χ1) is 47.6. The van der Waals surface area contributed by atoms with E-state index in [1.54, 1.807) is 81.1 Å². The summed E-state index contributed by atoms with van der Waals surface area (Å²) in [6.07, 6.45) is 6.99. The summed E-state index contributed by atoms with van der Waals surface area (Å²) in [5, 5.41) is 28.9. The van der Waals surface area contributed by atoms with E-state index in [1.165, 1.54) is 25.3 Å². The van der Waals surface area contributed by atoms with Crippen LogP contribution >= 0.6 is 11.6 Å². The van der Waals surface area contributed by atoms with Crippen molar-refractivity contribution in [2.75, 3.05) is 84.7 Å². The lowest BCUT2D eigenvalue weighted by Crippen LogP contribution is -2.54. The Morgan fingerprint density at radius 3 is 2.04 bits per heavy atom. The minimum absolute atomic E-state index is 0.00121. The first kappa shape index (κ1) is 80.0. The molecule has 7 atom stereocenters. The zero-order valence-electron chi connectivity index (χ0n) is 58.3. The molecule has 6 rings (SSSR count). The highest BCUT2D eigenvalue weighted by molar-refractivity contribution is 6.32. The Labute approximate surface area is 588 Å². The molecule has 3 aliphatic rings. The minimum atomic E-state index is -1.18. The normalized spacial score (nSPS) is 16.9. The van der Waals surface area contributed by atoms with Crippen LogP contribution in [0, 0.1) is 23.2 Å². The molecule has 29 heteroatoms. The van der Waals surface area contributed by atoms with Crippen molar-refractivity contribution in [2.45, 2.75) is 143 Å². The summed E-state index contributed by atoms with van der Waals surface area (Å²) in [4.78, 5) is 145. The number of imide groups is 1. The number of allylic oxidation sites excluding steroid dienone is 1. The van der Waals surface area contributed by atoms with Crippen LogP contribution < -0.4 is 47.7 Å². The molecule has 28 nitrogen and oxygen atoms in total. The molecule has 3 aromatic carbocycles. The molecule has 0 saturated carbocycles. The number of carboxylic acid groups (broad SMARTS) is 1. The summed E-state index contributed by atoms with van der Waals surface area (Å²) in [5.41, 5.74) is 7.96. The number of primary amides is 1. The number of carboxylic acids is 1. The molecule has 546 valence electrons. The number of urea groups is 1. The average Bonchev–Trinajstić information content (AvgIpc) is 1.64. The summed E-state index contributed by atoms with van der Waals surface area (Å²) in [6, 6.07) is 15.1. The second kappa shape index (κ2) is 39.7. The molecule has 3 aliphatic heterocycles. The van der Waals surface area contributed by atoms with Gasteiger partial charge in [0, 0.05) is 76.5 Å². The SMILES string of the molecule is COc1ccc(C[C@@H](NC(=O)/C=C/CC[C@H](C)[C@H]2O[C@@H]2c2ccc(CN3CCN(C(=O)OCc4ccc(NC(=O)C(CCCNC(N)=O)NC(=O)[C@@H](NC(=O)CCOCCOCCN5C(=O)C=CC5=O)C(C)C)cc4)CC3)cc2)C(=O)NCC(C)(C)C(=O)N[C@@H](CC(C)C)C(=O)O)cc1Cl. The molecular formula is C71H98ClN11O17. The summed E-state index contributed by atoms with van der Waals surface area (Å²) < 4.78 is 28.0. The highest BCUT2D eigenvalue weighted by Gasteiger charge is 2.43. The van der Waals surface area contributed by atoms with Crippen molar-refractivity contribution in [1.82, 2.24) is 46.6 Å². The highest BCUT2D eigenvalue weighted by Crippen LogP contribution is 2.44. The second-order valence-electron chi connectivity index (χ2n) is 26.5. The van der Waals surface area contributed by atoms with Crippen LogP contribution in [0.2, 0.25) is 5.02 Å². The van der Waals surface area contributed by atoms with Crippen LogP contribution in [0.4, 0.5) is 15.3 Å². The van der Waals surface area contributed by atoms with Gasteiger partial charge in [-0.3, -0.25) is 48.2 Å². The molecule has 0 radical (unpaired) electrons. The van der Waals surface area contributed by atoms with Crippen LogP contribution in [0.3, 0.4) is 0 Å². The number of amides is 11. The zero-order valence-corrected chi connectivity index (χ0v) is 59.0. The molecule has 1 unspecified atom stereocenters. The largest absolute Gasteiger partial charge is 0.495 e. The monoisotopic (exact) mass is 1410 g/mol. The first-order valence-corrected chi connectivity index (χ1v) is 34.2. The number of hydrogen-bond donors (Lipinski definition) is 9. The van der Waals surface area contributed by atoms with E-state index in [1.807, 2.05) is 13.8 Å². The molecule has 100 heavy (non-hydrogen) atoms. The fraction of sp³-hybridized carbons (Fsp3) is 0.535. The summed E-state index contributed by atoms with van der Waals surface area (Å²) in [7, 11) is 1.49. The predicted octanol–water partition coefficient (Wildman–Crippen LogP) is 5.06. The maximum absolute atomic E-state index is 13.7. The number of nitrogens with one attached hydrogen (secondary N) is 7. The molecule has 3 aromatic rings. The number of nitrogens with zero attached hydrogens (tertiary/aromatic N) is 3. The molecule has 11 amide bonds. The zero-order chi connectivity index (χ0) is 73.1. The van der Waals surface area contributed by atoms with Crippen molar-refractivity contribution < 1.29 is 81.5 Å². The van der Waals surface area contributed by atoms with Crippen LogP contribution in [-0.4, -0.2) is 195 Å². The van der Waals surface area contributed by atoms with Crippen LogP contribution in [0.5, 0.6) is 5.75 Å². The number of ether oxygens (including phenoxy) is 5. The maximum Gasteiger partial charge on any atom is 0.410 e. The van der Waals surface area contributed by atoms with Gasteiger partial charge in [-0.05, 0) is 116 Å². The average molecular weight is 1410 g/mol. The molecule has 0 aromatic heterocycles. The van der Waals surface area contributed by atoms with Crippen LogP contribution in [-0.2, 0) is 81.7 Å². The Bertz CT molecular complexity index is 3340. The standard InChI is InChI=1S/C71H98ClN11O17/c1-44(2)38-55(67(91)92)79-68(93)71(6,7)43-75-64(88)54(40-49-19-24-56(96-8)52(72)39-49)77-57(84)14-10-9-12-46(5)62-63(100-62)50-20-15-47(16-21-50)41-81-29-31-82(32-30-81)70(95)99-42-48-17-22-51(23-18-48)76-65(89)53(13-11-28-74-69(73)94)78-66(90)61(45(3)4)80-58(85)27-34-97-36-37-98-35-33-83-59(86)25-26-60(83)87/h10,14-26,39,44-46,53-55,61-63H,9,11-13,27-38,40-43H2,1-8H3,(H,75,88)(H,76,89)(H,77,84)(H,78,90)(H,79,93)(H,80,85)(H,91,92)(H3,73,74,94)/b14-10+/t46-,53?,54+,55-,61-,62+,63+/m0/s1. The lowest BCUT2D eigenvalue weighted by Gasteiger charge is -2.34. The number of aliphatic carboxylic acids is 1. The van der Waals surface area contributed by atoms with Crippen molar-refractivity contribution in [2.24, 2.45) is 28.9 Å². The summed E-state index contributed by atoms with van der Waals surface area (Å²) >= 11 is 6.40. The lowest BCUT2D eigenvalue weighted by molar-refractivity contribution is -0.144. The van der Waals surface area contributed by atoms with E-state index >= 15 is 0 Å². The van der Waals surface area contributed by atoms with Crippen molar-refractivity contribution >= 4 is 82.6 Å². The van der Waals surface area contributed by atoms with Gasteiger partial charge in [0.15, 0.2) is 0 Å². The van der Waals surface area contributed by atoms with E-state index in [0.717, 1.165) is 22.4 Å². The highest BCUT2D eigenvalue weighted by atomic mass is 35.5. The van der Waals surface area contributed by atoms with Gasteiger partial charge in [-0.1, -0.05) is 94.8 Å². The smallest absolute Gasteiger partial charge is 0.410 e. The number of epoxide rings is 1. The van der Waals surface area contributed by atoms with E-state index in [4.69, 9.17) is 41.0 Å². The number of rotatable bonds is 41. The Hall–Kier alpha value is -8.96. The van der Waals surface area contributed by atoms with E-state index in [-0.39, 0.29) is 115 Å². The topological polar surface area (TPSA) is 377 Å². The number of piperazine rings is 1. The summed E-state index contributed by atoms with van der Waals surface area (Å²) in [5.74, 6) is -4.84. The number of halogens is 1. The third kappa shape index (κ3) is 26.6. The molecule has 2 fully saturated rings. The number of benzene rings is 3. The van der Waals surface area contributed by atoms with Crippen molar-refractivity contribution in [1.29, 1.82) is 0 Å². The summed E-state index contributed by atoms with van der Waals surface area (Å²) in [6.45, 7) is 16.0. The van der Waals surface area contributed by atoms with Gasteiger partial charge in [-0.25, -0.2) is 14.4 Å². The van der Waals surface area contributed by atoms with E-state index in [2.05, 4.69) is 73.3 Å². The molecule has 10 N–H and O–H groups in total. The van der Waals surface area contributed by atoms with Gasteiger partial charge < -0.3 is 76.6 Å². The first-order valence-electron chi connectivity index (χ1n) is 33.8. The van der Waals surface area contributed by atoms with Gasteiger partial charge >= 0.3 is 18.1 Å².